The first-order valence-electron chi connectivity index (χ1n) is 10.0. The van der Waals surface area contributed by atoms with Crippen molar-refractivity contribution in [1.29, 1.82) is 0 Å². The Labute approximate surface area is 190 Å². The summed E-state index contributed by atoms with van der Waals surface area (Å²) in [5.74, 6) is 0.745. The Kier molecular flexibility index (Phi) is 6.23. The molecule has 1 aromatic carbocycles. The molecular weight excluding hydrogens is 430 g/mol. The molecule has 1 unspecified atom stereocenters. The van der Waals surface area contributed by atoms with E-state index >= 15 is 0 Å². The number of nitrogens with one attached hydrogen (secondary N) is 1. The Morgan fingerprint density at radius 2 is 2.00 bits per heavy atom. The highest BCUT2D eigenvalue weighted by atomic mass is 35.5. The number of nitrogens with zero attached hydrogens (tertiary/aromatic N) is 4. The van der Waals surface area contributed by atoms with Crippen LogP contribution in [0.25, 0.3) is 17.1 Å². The predicted octanol–water partition coefficient (Wildman–Crippen LogP) is 4.71. The smallest absolute Gasteiger partial charge is 0.255 e. The Hall–Kier alpha value is -3.65. The molecule has 0 fully saturated rings. The molecule has 0 radical (unpaired) electrons. The van der Waals surface area contributed by atoms with Gasteiger partial charge in [0.15, 0.2) is 0 Å². The monoisotopic (exact) mass is 451 g/mol. The van der Waals surface area contributed by atoms with Crippen LogP contribution in [0, 0.1) is 5.92 Å². The summed E-state index contributed by atoms with van der Waals surface area (Å²) in [6.45, 7) is 3.91. The third-order valence-electron chi connectivity index (χ3n) is 4.98. The number of ether oxygens (including phenoxy) is 1. The van der Waals surface area contributed by atoms with Crippen LogP contribution in [0.5, 0.6) is 5.75 Å². The quantitative estimate of drug-likeness (QED) is 0.437. The first kappa shape index (κ1) is 21.6. The van der Waals surface area contributed by atoms with Gasteiger partial charge >= 0.3 is 0 Å². The zero-order chi connectivity index (χ0) is 22.7. The molecule has 0 bridgehead atoms. The highest BCUT2D eigenvalue weighted by molar-refractivity contribution is 6.33. The fraction of sp³-hybridized carbons (Fsp3) is 0.217. The maximum absolute atomic E-state index is 13.2. The van der Waals surface area contributed by atoms with Crippen molar-refractivity contribution in [1.82, 2.24) is 25.0 Å². The average Bonchev–Trinajstić information content (AvgIpc) is 3.50. The first-order valence-corrected chi connectivity index (χ1v) is 10.4. The summed E-state index contributed by atoms with van der Waals surface area (Å²) < 4.78 is 12.8. The van der Waals surface area contributed by atoms with Crippen LogP contribution in [0.4, 0.5) is 0 Å². The van der Waals surface area contributed by atoms with Crippen molar-refractivity contribution in [2.24, 2.45) is 5.92 Å². The second kappa shape index (κ2) is 9.23. The van der Waals surface area contributed by atoms with E-state index < -0.39 is 6.04 Å². The predicted molar refractivity (Wildman–Crippen MR) is 120 cm³/mol. The molecule has 0 saturated heterocycles. The van der Waals surface area contributed by atoms with Crippen LogP contribution in [0.3, 0.4) is 0 Å². The molecule has 1 amide bonds. The number of carbonyl (C=O) groups is 1. The molecule has 32 heavy (non-hydrogen) atoms. The van der Waals surface area contributed by atoms with Gasteiger partial charge in [-0.2, -0.15) is 4.98 Å². The zero-order valence-corrected chi connectivity index (χ0v) is 18.6. The van der Waals surface area contributed by atoms with Crippen molar-refractivity contribution in [2.45, 2.75) is 19.9 Å². The van der Waals surface area contributed by atoms with E-state index in [-0.39, 0.29) is 11.8 Å². The Balaban J connectivity index is 1.61. The molecule has 0 aliphatic rings. The van der Waals surface area contributed by atoms with Crippen molar-refractivity contribution in [3.8, 4) is 22.8 Å². The molecule has 0 saturated carbocycles. The average molecular weight is 452 g/mol. The summed E-state index contributed by atoms with van der Waals surface area (Å²) in [6.07, 6.45) is 7.05. The molecule has 1 N–H and O–H groups in total. The highest BCUT2D eigenvalue weighted by Gasteiger charge is 2.27. The second-order valence-electron chi connectivity index (χ2n) is 7.49. The van der Waals surface area contributed by atoms with E-state index in [1.54, 1.807) is 30.6 Å². The first-order chi connectivity index (χ1) is 15.5. The van der Waals surface area contributed by atoms with E-state index in [1.165, 1.54) is 7.11 Å². The Morgan fingerprint density at radius 3 is 2.66 bits per heavy atom. The van der Waals surface area contributed by atoms with E-state index in [0.717, 1.165) is 5.56 Å². The van der Waals surface area contributed by atoms with Crippen LogP contribution in [-0.2, 0) is 0 Å². The maximum atomic E-state index is 13.2. The molecule has 0 aliphatic carbocycles. The molecule has 1 atom stereocenters. The molecule has 0 aliphatic heterocycles. The van der Waals surface area contributed by atoms with Crippen LogP contribution in [0.1, 0.15) is 36.1 Å². The summed E-state index contributed by atoms with van der Waals surface area (Å²) >= 11 is 6.48. The van der Waals surface area contributed by atoms with E-state index in [4.69, 9.17) is 20.9 Å². The van der Waals surface area contributed by atoms with Gasteiger partial charge in [0.1, 0.15) is 11.8 Å². The van der Waals surface area contributed by atoms with E-state index in [1.807, 2.05) is 49.0 Å². The van der Waals surface area contributed by atoms with Gasteiger partial charge in [-0.15, -0.1) is 0 Å². The van der Waals surface area contributed by atoms with Crippen molar-refractivity contribution in [3.05, 3.63) is 77.7 Å². The lowest BCUT2D eigenvalue weighted by molar-refractivity contribution is 0.0911. The third kappa shape index (κ3) is 4.36. The van der Waals surface area contributed by atoms with Gasteiger partial charge in [0.25, 0.3) is 5.91 Å². The molecule has 0 spiro atoms. The van der Waals surface area contributed by atoms with Crippen LogP contribution in [0.2, 0.25) is 5.02 Å². The van der Waals surface area contributed by atoms with Crippen molar-refractivity contribution in [2.75, 3.05) is 7.11 Å². The van der Waals surface area contributed by atoms with Crippen molar-refractivity contribution < 1.29 is 14.1 Å². The number of aromatic nitrogens is 4. The standard InChI is InChI=1S/C23H22ClN5O3/c1-14(2)20(23-27-21(28-32-23)15-7-6-8-25-13-15)26-22(30)16-11-17(24)18(12-19(16)31-3)29-9-4-5-10-29/h4-14,20H,1-3H3,(H,26,30). The minimum atomic E-state index is -0.506. The number of amides is 1. The van der Waals surface area contributed by atoms with Crippen LogP contribution < -0.4 is 10.1 Å². The summed E-state index contributed by atoms with van der Waals surface area (Å²) in [6, 6.07) is 10.2. The molecular formula is C23H22ClN5O3. The van der Waals surface area contributed by atoms with Gasteiger partial charge < -0.3 is 19.1 Å². The summed E-state index contributed by atoms with van der Waals surface area (Å²) in [4.78, 5) is 21.7. The minimum Gasteiger partial charge on any atom is -0.496 e. The number of benzene rings is 1. The van der Waals surface area contributed by atoms with E-state index in [9.17, 15) is 4.79 Å². The lowest BCUT2D eigenvalue weighted by Crippen LogP contribution is -2.32. The Bertz CT molecular complexity index is 1210. The van der Waals surface area contributed by atoms with Crippen LogP contribution in [0.15, 0.2) is 65.7 Å². The van der Waals surface area contributed by atoms with Crippen LogP contribution >= 0.6 is 11.6 Å². The minimum absolute atomic E-state index is 0.0123. The van der Waals surface area contributed by atoms with Gasteiger partial charge in [-0.05, 0) is 36.2 Å². The zero-order valence-electron chi connectivity index (χ0n) is 17.8. The third-order valence-corrected chi connectivity index (χ3v) is 5.28. The fourth-order valence-electron chi connectivity index (χ4n) is 3.29. The van der Waals surface area contributed by atoms with Crippen molar-refractivity contribution >= 4 is 17.5 Å². The molecule has 9 heteroatoms. The molecule has 8 nitrogen and oxygen atoms in total. The van der Waals surface area contributed by atoms with E-state index in [0.29, 0.717) is 33.7 Å². The summed E-state index contributed by atoms with van der Waals surface area (Å²) in [5, 5.41) is 7.43. The molecule has 3 heterocycles. The SMILES string of the molecule is COc1cc(-n2cccc2)c(Cl)cc1C(=O)NC(c1nc(-c2cccnc2)no1)C(C)C. The lowest BCUT2D eigenvalue weighted by atomic mass is 10.0. The number of hydrogen-bond acceptors (Lipinski definition) is 6. The van der Waals surface area contributed by atoms with Gasteiger partial charge in [-0.1, -0.05) is 30.6 Å². The number of methoxy groups -OCH3 is 1. The fourth-order valence-corrected chi connectivity index (χ4v) is 3.55. The highest BCUT2D eigenvalue weighted by Crippen LogP contribution is 2.31. The van der Waals surface area contributed by atoms with Gasteiger partial charge in [0, 0.05) is 36.4 Å². The number of pyridine rings is 1. The second-order valence-corrected chi connectivity index (χ2v) is 7.89. The molecule has 4 rings (SSSR count). The molecule has 164 valence electrons. The summed E-state index contributed by atoms with van der Waals surface area (Å²) in [5.41, 5.74) is 1.75. The summed E-state index contributed by atoms with van der Waals surface area (Å²) in [7, 11) is 1.51. The Morgan fingerprint density at radius 1 is 1.22 bits per heavy atom. The number of hydrogen-bond donors (Lipinski definition) is 1. The number of halogens is 1. The van der Waals surface area contributed by atoms with Gasteiger partial charge in [-0.25, -0.2) is 0 Å². The topological polar surface area (TPSA) is 95.1 Å². The normalized spacial score (nSPS) is 12.0. The van der Waals surface area contributed by atoms with Gasteiger partial charge in [-0.3, -0.25) is 9.78 Å². The largest absolute Gasteiger partial charge is 0.496 e. The van der Waals surface area contributed by atoms with Gasteiger partial charge in [0.05, 0.1) is 23.4 Å². The maximum Gasteiger partial charge on any atom is 0.255 e. The number of rotatable bonds is 7. The molecule has 3 aromatic heterocycles. The van der Waals surface area contributed by atoms with Gasteiger partial charge in [0.2, 0.25) is 11.7 Å². The lowest BCUT2D eigenvalue weighted by Gasteiger charge is -2.20. The van der Waals surface area contributed by atoms with Crippen molar-refractivity contribution in [3.63, 3.8) is 0 Å². The molecule has 4 aromatic rings. The number of carbonyl (C=O) groups excluding carboxylic acids is 1. The van der Waals surface area contributed by atoms with E-state index in [2.05, 4.69) is 20.4 Å². The van der Waals surface area contributed by atoms with Crippen LogP contribution in [-0.4, -0.2) is 32.7 Å².